The zero-order chi connectivity index (χ0) is 22.8. The number of imide groups is 1. The van der Waals surface area contributed by atoms with Crippen molar-refractivity contribution in [2.75, 3.05) is 37.7 Å². The summed E-state index contributed by atoms with van der Waals surface area (Å²) < 4.78 is 0. The van der Waals surface area contributed by atoms with E-state index in [-0.39, 0.29) is 18.2 Å². The van der Waals surface area contributed by atoms with Gasteiger partial charge in [0, 0.05) is 32.6 Å². The fraction of sp³-hybridized carbons (Fsp3) is 0.259. The molecule has 2 fully saturated rings. The van der Waals surface area contributed by atoms with E-state index in [0.29, 0.717) is 6.67 Å². The van der Waals surface area contributed by atoms with Gasteiger partial charge >= 0.3 is 0 Å². The Kier molecular flexibility index (Phi) is 5.92. The predicted molar refractivity (Wildman–Crippen MR) is 130 cm³/mol. The summed E-state index contributed by atoms with van der Waals surface area (Å²) in [6, 6.07) is 27.2. The van der Waals surface area contributed by atoms with Gasteiger partial charge in [-0.3, -0.25) is 19.4 Å². The Hall–Kier alpha value is -3.15. The van der Waals surface area contributed by atoms with Crippen molar-refractivity contribution in [3.63, 3.8) is 0 Å². The molecule has 0 aromatic heterocycles. The van der Waals surface area contributed by atoms with Crippen molar-refractivity contribution in [1.29, 1.82) is 0 Å². The maximum absolute atomic E-state index is 13.9. The van der Waals surface area contributed by atoms with Crippen molar-refractivity contribution in [3.05, 3.63) is 101 Å². The number of piperazine rings is 1. The number of hydrogen-bond donors (Lipinski definition) is 0. The quantitative estimate of drug-likeness (QED) is 0.537. The number of nitrogens with zero attached hydrogens (tertiary/aromatic N) is 3. The van der Waals surface area contributed by atoms with Crippen LogP contribution in [0.4, 0.5) is 5.69 Å². The molecule has 2 heterocycles. The molecule has 168 valence electrons. The second kappa shape index (κ2) is 9.00. The molecule has 0 saturated carbocycles. The SMILES string of the molecule is O=C1CC(c2ccccc2)(c2ccccc2)C(=O)N1CN1CCN(c2ccccc2Cl)CC1. The van der Waals surface area contributed by atoms with E-state index in [1.165, 1.54) is 4.90 Å². The molecule has 6 heteroatoms. The van der Waals surface area contributed by atoms with Crippen molar-refractivity contribution in [2.24, 2.45) is 0 Å². The molecule has 2 saturated heterocycles. The monoisotopic (exact) mass is 459 g/mol. The number of benzene rings is 3. The van der Waals surface area contributed by atoms with E-state index in [9.17, 15) is 9.59 Å². The van der Waals surface area contributed by atoms with E-state index in [0.717, 1.165) is 48.0 Å². The smallest absolute Gasteiger partial charge is 0.245 e. The molecule has 0 unspecified atom stereocenters. The highest BCUT2D eigenvalue weighted by molar-refractivity contribution is 6.33. The molecular formula is C27H26ClN3O2. The summed E-state index contributed by atoms with van der Waals surface area (Å²) in [5, 5.41) is 0.742. The third kappa shape index (κ3) is 3.92. The van der Waals surface area contributed by atoms with Crippen LogP contribution in [0.15, 0.2) is 84.9 Å². The van der Waals surface area contributed by atoms with Gasteiger partial charge in [-0.1, -0.05) is 84.4 Å². The number of carbonyl (C=O) groups is 2. The molecule has 2 aliphatic heterocycles. The van der Waals surface area contributed by atoms with Gasteiger partial charge in [0.15, 0.2) is 0 Å². The topological polar surface area (TPSA) is 43.9 Å². The Balaban J connectivity index is 1.36. The maximum atomic E-state index is 13.9. The number of likely N-dealkylation sites (tertiary alicyclic amines) is 1. The molecule has 5 nitrogen and oxygen atoms in total. The number of halogens is 1. The Labute approximate surface area is 199 Å². The van der Waals surface area contributed by atoms with Crippen molar-refractivity contribution >= 4 is 29.1 Å². The molecule has 0 bridgehead atoms. The van der Waals surface area contributed by atoms with E-state index in [1.54, 1.807) is 0 Å². The summed E-state index contributed by atoms with van der Waals surface area (Å²) in [7, 11) is 0. The van der Waals surface area contributed by atoms with E-state index in [4.69, 9.17) is 11.6 Å². The van der Waals surface area contributed by atoms with Gasteiger partial charge < -0.3 is 4.90 Å². The van der Waals surface area contributed by atoms with Gasteiger partial charge in [0.25, 0.3) is 0 Å². The van der Waals surface area contributed by atoms with Crippen LogP contribution in [0.2, 0.25) is 5.02 Å². The lowest BCUT2D eigenvalue weighted by Gasteiger charge is -2.38. The Bertz CT molecular complexity index is 1100. The second-order valence-corrected chi connectivity index (χ2v) is 9.05. The largest absolute Gasteiger partial charge is 0.368 e. The Morgan fingerprint density at radius 1 is 0.727 bits per heavy atom. The zero-order valence-electron chi connectivity index (χ0n) is 18.4. The molecule has 0 spiro atoms. The fourth-order valence-electron chi connectivity index (χ4n) is 4.99. The number of para-hydroxylation sites is 1. The number of anilines is 1. The Morgan fingerprint density at radius 2 is 1.27 bits per heavy atom. The number of carbonyl (C=O) groups excluding carboxylic acids is 2. The van der Waals surface area contributed by atoms with E-state index in [1.807, 2.05) is 84.9 Å². The first-order chi connectivity index (χ1) is 16.1. The van der Waals surface area contributed by atoms with Gasteiger partial charge in [0.05, 0.1) is 17.4 Å². The van der Waals surface area contributed by atoms with E-state index in [2.05, 4.69) is 9.80 Å². The molecule has 2 aliphatic rings. The lowest BCUT2D eigenvalue weighted by Crippen LogP contribution is -2.52. The molecule has 2 amide bonds. The Morgan fingerprint density at radius 3 is 1.85 bits per heavy atom. The van der Waals surface area contributed by atoms with Crippen molar-refractivity contribution < 1.29 is 9.59 Å². The molecule has 0 N–H and O–H groups in total. The van der Waals surface area contributed by atoms with Crippen LogP contribution in [0.25, 0.3) is 0 Å². The van der Waals surface area contributed by atoms with Crippen LogP contribution in [0.3, 0.4) is 0 Å². The van der Waals surface area contributed by atoms with Gasteiger partial charge in [-0.15, -0.1) is 0 Å². The molecular weight excluding hydrogens is 434 g/mol. The normalized spacial score (nSPS) is 18.7. The minimum atomic E-state index is -0.973. The van der Waals surface area contributed by atoms with Gasteiger partial charge in [-0.05, 0) is 23.3 Å². The van der Waals surface area contributed by atoms with Crippen LogP contribution in [-0.4, -0.2) is 54.5 Å². The first-order valence-corrected chi connectivity index (χ1v) is 11.6. The standard InChI is InChI=1S/C27H26ClN3O2/c28-23-13-7-8-14-24(23)30-17-15-29(16-18-30)20-31-25(32)19-27(26(31)33,21-9-3-1-4-10-21)22-11-5-2-6-12-22/h1-14H,15-20H2. The maximum Gasteiger partial charge on any atom is 0.245 e. The summed E-state index contributed by atoms with van der Waals surface area (Å²) in [6.45, 7) is 3.41. The molecule has 3 aromatic carbocycles. The third-order valence-corrected chi connectivity index (χ3v) is 7.09. The average Bonchev–Trinajstić information content (AvgIpc) is 3.12. The molecule has 5 rings (SSSR count). The molecule has 3 aromatic rings. The highest BCUT2D eigenvalue weighted by Crippen LogP contribution is 2.42. The second-order valence-electron chi connectivity index (χ2n) is 8.64. The van der Waals surface area contributed by atoms with Gasteiger partial charge in [-0.2, -0.15) is 0 Å². The van der Waals surface area contributed by atoms with Crippen molar-refractivity contribution in [3.8, 4) is 0 Å². The summed E-state index contributed by atoms with van der Waals surface area (Å²) in [6.07, 6.45) is 0.152. The predicted octanol–water partition coefficient (Wildman–Crippen LogP) is 4.16. The molecule has 0 radical (unpaired) electrons. The highest BCUT2D eigenvalue weighted by Gasteiger charge is 2.54. The van der Waals surface area contributed by atoms with Gasteiger partial charge in [-0.25, -0.2) is 0 Å². The van der Waals surface area contributed by atoms with Gasteiger partial charge in [0.1, 0.15) is 5.41 Å². The minimum absolute atomic E-state index is 0.124. The lowest BCUT2D eigenvalue weighted by atomic mass is 9.73. The fourth-order valence-corrected chi connectivity index (χ4v) is 5.24. The van der Waals surface area contributed by atoms with E-state index < -0.39 is 5.41 Å². The van der Waals surface area contributed by atoms with Crippen LogP contribution in [0.1, 0.15) is 17.5 Å². The first kappa shape index (κ1) is 21.7. The summed E-state index contributed by atoms with van der Waals surface area (Å²) >= 11 is 6.36. The van der Waals surface area contributed by atoms with Gasteiger partial charge in [0.2, 0.25) is 11.8 Å². The van der Waals surface area contributed by atoms with Crippen molar-refractivity contribution in [1.82, 2.24) is 9.80 Å². The van der Waals surface area contributed by atoms with Crippen LogP contribution < -0.4 is 4.90 Å². The number of hydrogen-bond acceptors (Lipinski definition) is 4. The number of rotatable bonds is 5. The molecule has 0 aliphatic carbocycles. The van der Waals surface area contributed by atoms with Crippen molar-refractivity contribution in [2.45, 2.75) is 11.8 Å². The summed E-state index contributed by atoms with van der Waals surface area (Å²) in [4.78, 5) is 33.0. The minimum Gasteiger partial charge on any atom is -0.368 e. The average molecular weight is 460 g/mol. The van der Waals surface area contributed by atoms with Crippen LogP contribution in [0.5, 0.6) is 0 Å². The molecule has 0 atom stereocenters. The highest BCUT2D eigenvalue weighted by atomic mass is 35.5. The van der Waals surface area contributed by atoms with E-state index >= 15 is 0 Å². The number of amides is 2. The third-order valence-electron chi connectivity index (χ3n) is 6.77. The first-order valence-electron chi connectivity index (χ1n) is 11.3. The van der Waals surface area contributed by atoms with Crippen LogP contribution >= 0.6 is 11.6 Å². The zero-order valence-corrected chi connectivity index (χ0v) is 19.1. The van der Waals surface area contributed by atoms with Crippen LogP contribution in [-0.2, 0) is 15.0 Å². The van der Waals surface area contributed by atoms with Crippen LogP contribution in [0, 0.1) is 0 Å². The molecule has 33 heavy (non-hydrogen) atoms. The summed E-state index contributed by atoms with van der Waals surface area (Å²) in [5.74, 6) is -0.264. The summed E-state index contributed by atoms with van der Waals surface area (Å²) in [5.41, 5.74) is 1.78. The lowest BCUT2D eigenvalue weighted by molar-refractivity contribution is -0.142.